The molecule has 0 aliphatic heterocycles. The minimum atomic E-state index is -0.630. The van der Waals surface area contributed by atoms with Crippen LogP contribution in [0.4, 0.5) is 0 Å². The summed E-state index contributed by atoms with van der Waals surface area (Å²) in [4.78, 5) is 0. The van der Waals surface area contributed by atoms with Crippen LogP contribution in [0.2, 0.25) is 0 Å². The molecule has 0 fully saturated rings. The van der Waals surface area contributed by atoms with E-state index in [4.69, 9.17) is 0 Å². The summed E-state index contributed by atoms with van der Waals surface area (Å²) < 4.78 is 0. The third-order valence-corrected chi connectivity index (χ3v) is 12.0. The molecule has 0 bridgehead atoms. The van der Waals surface area contributed by atoms with Crippen molar-refractivity contribution in [3.8, 4) is 0 Å². The van der Waals surface area contributed by atoms with E-state index in [2.05, 4.69) is 27.7 Å². The number of hydrogen-bond donors (Lipinski definition) is 1. The molecule has 0 unspecified atom stereocenters. The smallest absolute Gasteiger partial charge is 0.0594 e. The molecule has 0 spiro atoms. The Morgan fingerprint density at radius 3 is 0.844 bits per heavy atom. The molecule has 0 aromatic rings. The second kappa shape index (κ2) is 32.0. The molecule has 200 valence electrons. The lowest BCUT2D eigenvalue weighted by atomic mass is 10.0. The third-order valence-electron chi connectivity index (χ3n) is 6.94. The molecular formula is C28H64Cl2NP. The van der Waals surface area contributed by atoms with Crippen LogP contribution in [0.3, 0.4) is 0 Å². The van der Waals surface area contributed by atoms with Crippen molar-refractivity contribution < 1.29 is 12.4 Å². The summed E-state index contributed by atoms with van der Waals surface area (Å²) in [6, 6.07) is 0. The van der Waals surface area contributed by atoms with Gasteiger partial charge in [-0.1, -0.05) is 124 Å². The van der Waals surface area contributed by atoms with Crippen LogP contribution < -0.4 is 18.6 Å². The van der Waals surface area contributed by atoms with Gasteiger partial charge in [-0.05, 0) is 32.1 Å². The van der Waals surface area contributed by atoms with Gasteiger partial charge in [0.15, 0.2) is 0 Å². The predicted molar refractivity (Wildman–Crippen MR) is 154 cm³/mol. The van der Waals surface area contributed by atoms with E-state index in [1.807, 2.05) is 0 Å². The summed E-state index contributed by atoms with van der Waals surface area (Å²) >= 11 is 0. The van der Waals surface area contributed by atoms with Gasteiger partial charge in [-0.25, -0.2) is 0 Å². The first-order valence-electron chi connectivity index (χ1n) is 14.1. The molecule has 0 amide bonds. The largest absolute Gasteiger partial charge is 1.00 e. The van der Waals surface area contributed by atoms with E-state index in [-0.39, 0.29) is 31.0 Å². The normalized spacial score (nSPS) is 10.9. The first-order valence-corrected chi connectivity index (χ1v) is 16.6. The third kappa shape index (κ3) is 25.6. The lowest BCUT2D eigenvalue weighted by Gasteiger charge is -2.28. The molecule has 0 atom stereocenters. The second-order valence-corrected chi connectivity index (χ2v) is 14.4. The SMILES string of the molecule is CCCCCCCCCCCCCCCC[P+](CCCC)(CCCC)CCCC.Cl.N.[Cl-]. The summed E-state index contributed by atoms with van der Waals surface area (Å²) in [5, 5.41) is 0. The lowest BCUT2D eigenvalue weighted by Crippen LogP contribution is -3.00. The van der Waals surface area contributed by atoms with E-state index in [1.54, 1.807) is 31.1 Å². The van der Waals surface area contributed by atoms with Crippen LogP contribution in [0.5, 0.6) is 0 Å². The predicted octanol–water partition coefficient (Wildman–Crippen LogP) is 8.47. The molecule has 0 saturated heterocycles. The zero-order valence-corrected chi connectivity index (χ0v) is 25.4. The van der Waals surface area contributed by atoms with Gasteiger partial charge in [0.25, 0.3) is 0 Å². The minimum Gasteiger partial charge on any atom is -1.00 e. The Hall–Kier alpha value is 0.970. The summed E-state index contributed by atoms with van der Waals surface area (Å²) in [5.41, 5.74) is 0. The zero-order valence-electron chi connectivity index (χ0n) is 22.9. The summed E-state index contributed by atoms with van der Waals surface area (Å²) in [6.07, 6.45) is 36.0. The fourth-order valence-electron chi connectivity index (χ4n) is 4.79. The van der Waals surface area contributed by atoms with Crippen LogP contribution >= 0.6 is 19.7 Å². The maximum Gasteiger partial charge on any atom is 0.0594 e. The molecule has 0 heterocycles. The number of rotatable bonds is 24. The average molecular weight is 517 g/mol. The van der Waals surface area contributed by atoms with E-state index >= 15 is 0 Å². The zero-order chi connectivity index (χ0) is 21.5. The fraction of sp³-hybridized carbons (Fsp3) is 1.00. The van der Waals surface area contributed by atoms with Crippen molar-refractivity contribution in [2.75, 3.05) is 24.6 Å². The van der Waals surface area contributed by atoms with Crippen molar-refractivity contribution in [3.05, 3.63) is 0 Å². The van der Waals surface area contributed by atoms with Crippen LogP contribution in [0.1, 0.15) is 156 Å². The van der Waals surface area contributed by atoms with E-state index in [1.165, 1.54) is 122 Å². The molecule has 32 heavy (non-hydrogen) atoms. The highest BCUT2D eigenvalue weighted by molar-refractivity contribution is 7.75. The van der Waals surface area contributed by atoms with Crippen LogP contribution in [0, 0.1) is 0 Å². The maximum atomic E-state index is 2.39. The molecule has 3 N–H and O–H groups in total. The molecule has 0 aliphatic carbocycles. The highest BCUT2D eigenvalue weighted by Crippen LogP contribution is 2.61. The number of unbranched alkanes of at least 4 members (excludes halogenated alkanes) is 16. The summed E-state index contributed by atoms with van der Waals surface area (Å²) in [5.74, 6) is 0. The Bertz CT molecular complexity index is 294. The Balaban J connectivity index is -0.00000131. The van der Waals surface area contributed by atoms with E-state index in [0.717, 1.165) is 0 Å². The van der Waals surface area contributed by atoms with Gasteiger partial charge in [0.2, 0.25) is 0 Å². The highest BCUT2D eigenvalue weighted by atomic mass is 35.5. The summed E-state index contributed by atoms with van der Waals surface area (Å²) in [6.45, 7) is 9.48. The topological polar surface area (TPSA) is 35.0 Å². The standard InChI is InChI=1S/C28H60P.2ClH.H3N/c1-5-9-13-14-15-16-17-18-19-20-21-22-23-24-28-29(25-10-6-2,26-11-7-3)27-12-8-4;;;/h5-28H2,1-4H3;2*1H;1H3/q+1;;;/p-1. The maximum absolute atomic E-state index is 2.39. The van der Waals surface area contributed by atoms with Crippen LogP contribution in [0.25, 0.3) is 0 Å². The van der Waals surface area contributed by atoms with Gasteiger partial charge in [-0.2, -0.15) is 0 Å². The van der Waals surface area contributed by atoms with E-state index < -0.39 is 7.26 Å². The highest BCUT2D eigenvalue weighted by Gasteiger charge is 2.34. The molecular weight excluding hydrogens is 452 g/mol. The van der Waals surface area contributed by atoms with Gasteiger partial charge in [-0.3, -0.25) is 0 Å². The van der Waals surface area contributed by atoms with Crippen molar-refractivity contribution >= 4 is 19.7 Å². The minimum absolute atomic E-state index is 0. The lowest BCUT2D eigenvalue weighted by molar-refractivity contribution is -0.00000730. The quantitative estimate of drug-likeness (QED) is 0.101. The molecule has 0 radical (unpaired) electrons. The van der Waals surface area contributed by atoms with Crippen molar-refractivity contribution in [3.63, 3.8) is 0 Å². The molecule has 0 rings (SSSR count). The Morgan fingerprint density at radius 1 is 0.344 bits per heavy atom. The first-order chi connectivity index (χ1) is 14.2. The van der Waals surface area contributed by atoms with Gasteiger partial charge in [-0.15, -0.1) is 12.4 Å². The first kappa shape index (κ1) is 40.2. The van der Waals surface area contributed by atoms with Gasteiger partial charge >= 0.3 is 0 Å². The monoisotopic (exact) mass is 515 g/mol. The number of hydrogen-bond acceptors (Lipinski definition) is 1. The molecule has 0 saturated carbocycles. The van der Waals surface area contributed by atoms with Crippen LogP contribution in [0.15, 0.2) is 0 Å². The van der Waals surface area contributed by atoms with Crippen LogP contribution in [-0.4, -0.2) is 24.6 Å². The molecule has 1 nitrogen and oxygen atoms in total. The van der Waals surface area contributed by atoms with Gasteiger partial charge in [0, 0.05) is 7.26 Å². The Kier molecular flexibility index (Phi) is 40.1. The van der Waals surface area contributed by atoms with Crippen molar-refractivity contribution in [1.82, 2.24) is 6.15 Å². The Morgan fingerprint density at radius 2 is 0.562 bits per heavy atom. The average Bonchev–Trinajstić information content (AvgIpc) is 2.74. The summed E-state index contributed by atoms with van der Waals surface area (Å²) in [7, 11) is -0.630. The molecule has 4 heteroatoms. The van der Waals surface area contributed by atoms with Gasteiger partial charge in [0.1, 0.15) is 0 Å². The van der Waals surface area contributed by atoms with Crippen LogP contribution in [-0.2, 0) is 0 Å². The molecule has 0 aromatic carbocycles. The van der Waals surface area contributed by atoms with E-state index in [0.29, 0.717) is 0 Å². The van der Waals surface area contributed by atoms with Gasteiger partial charge in [0.05, 0.1) is 24.6 Å². The number of halogens is 2. The van der Waals surface area contributed by atoms with E-state index in [9.17, 15) is 0 Å². The fourth-order valence-corrected chi connectivity index (χ4v) is 9.99. The van der Waals surface area contributed by atoms with Gasteiger partial charge < -0.3 is 18.6 Å². The molecule has 0 aliphatic rings. The Labute approximate surface area is 218 Å². The second-order valence-electron chi connectivity index (χ2n) is 9.89. The van der Waals surface area contributed by atoms with Crippen molar-refractivity contribution in [1.29, 1.82) is 0 Å². The van der Waals surface area contributed by atoms with Crippen molar-refractivity contribution in [2.45, 2.75) is 156 Å². The van der Waals surface area contributed by atoms with Crippen molar-refractivity contribution in [2.24, 2.45) is 0 Å². The molecule has 0 aromatic heterocycles.